The molecule has 0 aliphatic heterocycles. The summed E-state index contributed by atoms with van der Waals surface area (Å²) in [5, 5.41) is 2.32. The summed E-state index contributed by atoms with van der Waals surface area (Å²) in [6.45, 7) is 13.4. The Kier molecular flexibility index (Phi) is 8.79. The first-order valence-corrected chi connectivity index (χ1v) is 7.91. The maximum atomic E-state index is 5.81. The Balaban J connectivity index is 2.22. The number of nitrogens with two attached hydrogens (primary N) is 1. The van der Waals surface area contributed by atoms with Crippen molar-refractivity contribution in [3.8, 4) is 5.75 Å². The second kappa shape index (κ2) is 10.4. The zero-order valence-electron chi connectivity index (χ0n) is 13.7. The predicted molar refractivity (Wildman–Crippen MR) is 87.9 cm³/mol. The summed E-state index contributed by atoms with van der Waals surface area (Å²) < 4.78 is 11.4. The Labute approximate surface area is 129 Å². The standard InChI is InChI=1S/C18H29NO2/c1-5-7-17-14-15(3)8-9-18(17)21-13-12-20-11-10-19-16(4)6-2/h5,8-9,14,16,19H,1,6-7,10-13H2,2-4H3/p+1/t16-/m0/s1. The summed E-state index contributed by atoms with van der Waals surface area (Å²) in [5.41, 5.74) is 2.44. The molecule has 0 unspecified atom stereocenters. The quantitative estimate of drug-likeness (QED) is 0.502. The average molecular weight is 292 g/mol. The first-order valence-electron chi connectivity index (χ1n) is 7.91. The molecule has 1 aromatic rings. The second-order valence-corrected chi connectivity index (χ2v) is 5.47. The highest BCUT2D eigenvalue weighted by molar-refractivity contribution is 5.38. The fourth-order valence-electron chi connectivity index (χ4n) is 2.08. The fourth-order valence-corrected chi connectivity index (χ4v) is 2.08. The molecule has 3 heteroatoms. The van der Waals surface area contributed by atoms with Gasteiger partial charge in [0.25, 0.3) is 0 Å². The summed E-state index contributed by atoms with van der Waals surface area (Å²) in [7, 11) is 0. The molecule has 1 aromatic carbocycles. The van der Waals surface area contributed by atoms with Gasteiger partial charge in [0.2, 0.25) is 0 Å². The molecule has 0 aliphatic carbocycles. The SMILES string of the molecule is C=CCc1cc(C)ccc1OCCOCC[NH2+][C@@H](C)CC. The molecule has 0 heterocycles. The topological polar surface area (TPSA) is 35.1 Å². The maximum absolute atomic E-state index is 5.81. The first kappa shape index (κ1) is 17.7. The van der Waals surface area contributed by atoms with E-state index in [4.69, 9.17) is 9.47 Å². The van der Waals surface area contributed by atoms with Gasteiger partial charge in [-0.15, -0.1) is 6.58 Å². The highest BCUT2D eigenvalue weighted by atomic mass is 16.5. The number of hydrogen-bond acceptors (Lipinski definition) is 2. The molecule has 0 bridgehead atoms. The molecule has 0 aromatic heterocycles. The van der Waals surface area contributed by atoms with Crippen LogP contribution in [0.4, 0.5) is 0 Å². The van der Waals surface area contributed by atoms with Crippen LogP contribution < -0.4 is 10.1 Å². The predicted octanol–water partition coefficient (Wildman–Crippen LogP) is 2.48. The van der Waals surface area contributed by atoms with Crippen molar-refractivity contribution in [2.24, 2.45) is 0 Å². The Morgan fingerprint density at radius 1 is 1.29 bits per heavy atom. The summed E-state index contributed by atoms with van der Waals surface area (Å²) in [4.78, 5) is 0. The Bertz CT molecular complexity index is 418. The maximum Gasteiger partial charge on any atom is 0.122 e. The Morgan fingerprint density at radius 3 is 2.81 bits per heavy atom. The molecule has 0 saturated heterocycles. The van der Waals surface area contributed by atoms with Crippen LogP contribution in [0.2, 0.25) is 0 Å². The number of rotatable bonds is 11. The molecule has 118 valence electrons. The van der Waals surface area contributed by atoms with Crippen molar-refractivity contribution in [1.82, 2.24) is 0 Å². The van der Waals surface area contributed by atoms with E-state index in [9.17, 15) is 0 Å². The van der Waals surface area contributed by atoms with Gasteiger partial charge < -0.3 is 14.8 Å². The molecule has 3 nitrogen and oxygen atoms in total. The molecule has 0 radical (unpaired) electrons. The van der Waals surface area contributed by atoms with Crippen LogP contribution in [0.3, 0.4) is 0 Å². The molecule has 2 N–H and O–H groups in total. The molecule has 1 rings (SSSR count). The largest absolute Gasteiger partial charge is 0.491 e. The van der Waals surface area contributed by atoms with E-state index in [1.807, 2.05) is 12.1 Å². The lowest BCUT2D eigenvalue weighted by Crippen LogP contribution is -2.90. The molecule has 0 amide bonds. The van der Waals surface area contributed by atoms with Gasteiger partial charge in [-0.3, -0.25) is 0 Å². The third-order valence-electron chi connectivity index (χ3n) is 3.54. The van der Waals surface area contributed by atoms with Crippen LogP contribution in [0.5, 0.6) is 5.75 Å². The van der Waals surface area contributed by atoms with Crippen LogP contribution in [-0.4, -0.2) is 32.4 Å². The van der Waals surface area contributed by atoms with E-state index in [1.165, 1.54) is 17.5 Å². The van der Waals surface area contributed by atoms with E-state index >= 15 is 0 Å². The van der Waals surface area contributed by atoms with Gasteiger partial charge in [-0.2, -0.15) is 0 Å². The molecule has 0 fully saturated rings. The Hall–Kier alpha value is -1.32. The van der Waals surface area contributed by atoms with Gasteiger partial charge in [0.05, 0.1) is 25.8 Å². The molecular weight excluding hydrogens is 262 g/mol. The minimum atomic E-state index is 0.594. The van der Waals surface area contributed by atoms with Crippen molar-refractivity contribution in [2.75, 3.05) is 26.4 Å². The minimum absolute atomic E-state index is 0.594. The molecule has 0 aliphatic rings. The van der Waals surface area contributed by atoms with Gasteiger partial charge >= 0.3 is 0 Å². The van der Waals surface area contributed by atoms with Crippen molar-refractivity contribution in [3.63, 3.8) is 0 Å². The van der Waals surface area contributed by atoms with Gasteiger partial charge in [0.15, 0.2) is 0 Å². The highest BCUT2D eigenvalue weighted by Gasteiger charge is 2.03. The number of ether oxygens (including phenoxy) is 2. The van der Waals surface area contributed by atoms with Crippen LogP contribution in [0.1, 0.15) is 31.4 Å². The van der Waals surface area contributed by atoms with E-state index in [-0.39, 0.29) is 0 Å². The van der Waals surface area contributed by atoms with Gasteiger partial charge in [0, 0.05) is 0 Å². The van der Waals surface area contributed by atoms with E-state index in [0.717, 1.165) is 25.3 Å². The zero-order chi connectivity index (χ0) is 15.5. The lowest BCUT2D eigenvalue weighted by Gasteiger charge is -2.12. The molecule has 21 heavy (non-hydrogen) atoms. The normalized spacial score (nSPS) is 12.1. The van der Waals surface area contributed by atoms with Gasteiger partial charge in [-0.05, 0) is 38.3 Å². The van der Waals surface area contributed by atoms with Gasteiger partial charge in [-0.1, -0.05) is 30.7 Å². The van der Waals surface area contributed by atoms with E-state index in [1.54, 1.807) is 0 Å². The first-order chi connectivity index (χ1) is 10.2. The number of hydrogen-bond donors (Lipinski definition) is 1. The summed E-state index contributed by atoms with van der Waals surface area (Å²) in [5.74, 6) is 0.940. The third kappa shape index (κ3) is 7.30. The lowest BCUT2D eigenvalue weighted by atomic mass is 10.1. The van der Waals surface area contributed by atoms with Crippen LogP contribution in [0.15, 0.2) is 30.9 Å². The number of quaternary nitrogens is 1. The highest BCUT2D eigenvalue weighted by Crippen LogP contribution is 2.20. The molecule has 0 saturated carbocycles. The minimum Gasteiger partial charge on any atom is -0.491 e. The summed E-state index contributed by atoms with van der Waals surface area (Å²) in [6.07, 6.45) is 3.94. The Morgan fingerprint density at radius 2 is 2.10 bits per heavy atom. The van der Waals surface area contributed by atoms with Crippen molar-refractivity contribution < 1.29 is 14.8 Å². The lowest BCUT2D eigenvalue weighted by molar-refractivity contribution is -0.687. The monoisotopic (exact) mass is 292 g/mol. The van der Waals surface area contributed by atoms with E-state index < -0.39 is 0 Å². The summed E-state index contributed by atoms with van der Waals surface area (Å²) in [6, 6.07) is 6.94. The molecular formula is C18H30NO2+. The second-order valence-electron chi connectivity index (χ2n) is 5.47. The van der Waals surface area contributed by atoms with Gasteiger partial charge in [0.1, 0.15) is 12.4 Å². The van der Waals surface area contributed by atoms with Crippen LogP contribution in [0, 0.1) is 6.92 Å². The van der Waals surface area contributed by atoms with Crippen molar-refractivity contribution in [2.45, 2.75) is 39.7 Å². The van der Waals surface area contributed by atoms with Crippen molar-refractivity contribution in [1.29, 1.82) is 0 Å². The number of aryl methyl sites for hydroxylation is 1. The van der Waals surface area contributed by atoms with Crippen molar-refractivity contribution >= 4 is 0 Å². The zero-order valence-corrected chi connectivity index (χ0v) is 13.7. The van der Waals surface area contributed by atoms with E-state index in [0.29, 0.717) is 19.3 Å². The molecule has 1 atom stereocenters. The number of benzene rings is 1. The van der Waals surface area contributed by atoms with Crippen LogP contribution in [-0.2, 0) is 11.2 Å². The van der Waals surface area contributed by atoms with Crippen LogP contribution >= 0.6 is 0 Å². The summed E-state index contributed by atoms with van der Waals surface area (Å²) >= 11 is 0. The van der Waals surface area contributed by atoms with E-state index in [2.05, 4.69) is 44.8 Å². The number of allylic oxidation sites excluding steroid dienone is 1. The smallest absolute Gasteiger partial charge is 0.122 e. The van der Waals surface area contributed by atoms with Gasteiger partial charge in [-0.25, -0.2) is 0 Å². The van der Waals surface area contributed by atoms with Crippen molar-refractivity contribution in [3.05, 3.63) is 42.0 Å². The third-order valence-corrected chi connectivity index (χ3v) is 3.54. The average Bonchev–Trinajstić information content (AvgIpc) is 2.48. The molecule has 0 spiro atoms. The van der Waals surface area contributed by atoms with Crippen LogP contribution in [0.25, 0.3) is 0 Å². The fraction of sp³-hybridized carbons (Fsp3) is 0.556.